The highest BCUT2D eigenvalue weighted by atomic mass is 19.1. The first-order chi connectivity index (χ1) is 9.75. The van der Waals surface area contributed by atoms with E-state index in [0.717, 1.165) is 12.8 Å². The first kappa shape index (κ1) is 14.4. The van der Waals surface area contributed by atoms with E-state index < -0.39 is 5.82 Å². The minimum atomic E-state index is -0.519. The van der Waals surface area contributed by atoms with Crippen molar-refractivity contribution in [2.75, 3.05) is 5.73 Å². The van der Waals surface area contributed by atoms with Gasteiger partial charge in [-0.05, 0) is 54.2 Å². The first-order valence-electron chi connectivity index (χ1n) is 7.61. The number of nitrogens with two attached hydrogens (primary N) is 1. The van der Waals surface area contributed by atoms with Gasteiger partial charge in [0.2, 0.25) is 0 Å². The molecule has 0 aliphatic heterocycles. The summed E-state index contributed by atoms with van der Waals surface area (Å²) in [5, 5.41) is 3.06. The van der Waals surface area contributed by atoms with Gasteiger partial charge in [-0.2, -0.15) is 0 Å². The number of hydrogen-bond donors (Lipinski definition) is 2. The minimum Gasteiger partial charge on any atom is -0.399 e. The Hall–Kier alpha value is -1.58. The third kappa shape index (κ3) is 1.95. The van der Waals surface area contributed by atoms with Crippen molar-refractivity contribution in [3.63, 3.8) is 0 Å². The summed E-state index contributed by atoms with van der Waals surface area (Å²) in [6, 6.07) is 4.23. The number of benzene rings is 1. The largest absolute Gasteiger partial charge is 0.399 e. The van der Waals surface area contributed by atoms with Gasteiger partial charge in [-0.25, -0.2) is 4.39 Å². The van der Waals surface area contributed by atoms with Crippen LogP contribution in [0.25, 0.3) is 0 Å². The molecule has 3 unspecified atom stereocenters. The smallest absolute Gasteiger partial charge is 0.254 e. The number of amides is 1. The van der Waals surface area contributed by atoms with Gasteiger partial charge in [0.15, 0.2) is 0 Å². The van der Waals surface area contributed by atoms with Gasteiger partial charge in [-0.3, -0.25) is 4.79 Å². The summed E-state index contributed by atoms with van der Waals surface area (Å²) in [7, 11) is 0. The number of fused-ring (bicyclic) bond motifs is 2. The maximum absolute atomic E-state index is 13.8. The van der Waals surface area contributed by atoms with E-state index in [0.29, 0.717) is 11.6 Å². The average Bonchev–Trinajstić information content (AvgIpc) is 2.74. The lowest BCUT2D eigenvalue weighted by molar-refractivity contribution is 0.0822. The van der Waals surface area contributed by atoms with Gasteiger partial charge in [-0.1, -0.05) is 20.8 Å². The molecule has 1 aromatic carbocycles. The lowest BCUT2D eigenvalue weighted by Crippen LogP contribution is -2.47. The van der Waals surface area contributed by atoms with Crippen LogP contribution in [-0.4, -0.2) is 11.9 Å². The molecule has 0 spiro atoms. The summed E-state index contributed by atoms with van der Waals surface area (Å²) < 4.78 is 13.8. The normalized spacial score (nSPS) is 33.1. The quantitative estimate of drug-likeness (QED) is 0.821. The zero-order chi connectivity index (χ0) is 15.4. The molecule has 3 rings (SSSR count). The molecule has 2 fully saturated rings. The maximum atomic E-state index is 13.8. The third-order valence-corrected chi connectivity index (χ3v) is 6.33. The number of hydrogen-bond acceptors (Lipinski definition) is 2. The van der Waals surface area contributed by atoms with Crippen molar-refractivity contribution in [1.29, 1.82) is 0 Å². The van der Waals surface area contributed by atoms with E-state index >= 15 is 0 Å². The Morgan fingerprint density at radius 3 is 2.67 bits per heavy atom. The highest BCUT2D eigenvalue weighted by molar-refractivity contribution is 5.95. The van der Waals surface area contributed by atoms with Gasteiger partial charge in [0.1, 0.15) is 5.82 Å². The summed E-state index contributed by atoms with van der Waals surface area (Å²) in [6.07, 6.45) is 3.33. The number of carbonyl (C=O) groups excluding carboxylic acids is 1. The highest BCUT2D eigenvalue weighted by Gasteiger charge is 2.61. The number of rotatable bonds is 2. The molecule has 4 heteroatoms. The third-order valence-electron chi connectivity index (χ3n) is 6.33. The summed E-state index contributed by atoms with van der Waals surface area (Å²) >= 11 is 0. The van der Waals surface area contributed by atoms with Crippen LogP contribution in [0.5, 0.6) is 0 Å². The van der Waals surface area contributed by atoms with Gasteiger partial charge < -0.3 is 11.1 Å². The van der Waals surface area contributed by atoms with E-state index in [1.807, 2.05) is 0 Å². The van der Waals surface area contributed by atoms with Crippen molar-refractivity contribution in [3.8, 4) is 0 Å². The van der Waals surface area contributed by atoms with E-state index in [1.165, 1.54) is 24.6 Å². The second-order valence-electron chi connectivity index (χ2n) is 7.38. The molecule has 114 valence electrons. The van der Waals surface area contributed by atoms with Gasteiger partial charge in [0.25, 0.3) is 5.91 Å². The maximum Gasteiger partial charge on any atom is 0.254 e. The molecule has 3 nitrogen and oxygen atoms in total. The molecule has 3 N–H and O–H groups in total. The van der Waals surface area contributed by atoms with Crippen LogP contribution < -0.4 is 11.1 Å². The zero-order valence-electron chi connectivity index (χ0n) is 12.9. The van der Waals surface area contributed by atoms with Crippen molar-refractivity contribution >= 4 is 11.6 Å². The fourth-order valence-electron chi connectivity index (χ4n) is 4.37. The standard InChI is InChI=1S/C17H23FN2O/c1-16(2)10-6-7-17(16,3)14(8-10)20-15(21)12-9-11(19)4-5-13(12)18/h4-5,9-10,14H,6-8,19H2,1-3H3,(H,20,21). The fraction of sp³-hybridized carbons (Fsp3) is 0.588. The molecule has 0 radical (unpaired) electrons. The number of carbonyl (C=O) groups is 1. The molecule has 21 heavy (non-hydrogen) atoms. The molecule has 2 bridgehead atoms. The molecule has 0 aromatic heterocycles. The average molecular weight is 290 g/mol. The second kappa shape index (κ2) is 4.46. The summed E-state index contributed by atoms with van der Waals surface area (Å²) in [5.74, 6) is -0.234. The topological polar surface area (TPSA) is 55.1 Å². The number of halogens is 1. The Bertz CT molecular complexity index is 598. The van der Waals surface area contributed by atoms with Gasteiger partial charge in [-0.15, -0.1) is 0 Å². The molecule has 2 aliphatic carbocycles. The summed E-state index contributed by atoms with van der Waals surface area (Å²) in [6.45, 7) is 6.83. The van der Waals surface area contributed by atoms with Crippen LogP contribution in [-0.2, 0) is 0 Å². The van der Waals surface area contributed by atoms with Crippen LogP contribution in [0.4, 0.5) is 10.1 Å². The van der Waals surface area contributed by atoms with E-state index in [9.17, 15) is 9.18 Å². The lowest BCUT2D eigenvalue weighted by Gasteiger charge is -2.39. The van der Waals surface area contributed by atoms with E-state index in [2.05, 4.69) is 26.1 Å². The molecule has 1 aromatic rings. The Labute approximate surface area is 125 Å². The van der Waals surface area contributed by atoms with Gasteiger partial charge in [0, 0.05) is 11.7 Å². The van der Waals surface area contributed by atoms with E-state index in [4.69, 9.17) is 5.73 Å². The molecular formula is C17H23FN2O. The Kier molecular flexibility index (Phi) is 3.05. The number of nitrogen functional groups attached to an aromatic ring is 1. The molecule has 0 heterocycles. The van der Waals surface area contributed by atoms with Crippen LogP contribution in [0.2, 0.25) is 0 Å². The van der Waals surface area contributed by atoms with Crippen LogP contribution in [0.3, 0.4) is 0 Å². The van der Waals surface area contributed by atoms with E-state index in [-0.39, 0.29) is 28.3 Å². The van der Waals surface area contributed by atoms with Crippen LogP contribution >= 0.6 is 0 Å². The first-order valence-corrected chi connectivity index (χ1v) is 7.61. The molecule has 3 atom stereocenters. The summed E-state index contributed by atoms with van der Waals surface area (Å²) in [4.78, 5) is 12.4. The molecular weight excluding hydrogens is 267 g/mol. The SMILES string of the molecule is CC1(C)C2CCC1(C)C(NC(=O)c1cc(N)ccc1F)C2. The van der Waals surface area contributed by atoms with Crippen molar-refractivity contribution < 1.29 is 9.18 Å². The minimum absolute atomic E-state index is 0.0409. The Morgan fingerprint density at radius 2 is 2.10 bits per heavy atom. The Morgan fingerprint density at radius 1 is 1.38 bits per heavy atom. The Balaban J connectivity index is 1.82. The van der Waals surface area contributed by atoms with Crippen molar-refractivity contribution in [2.45, 2.75) is 46.1 Å². The lowest BCUT2D eigenvalue weighted by atomic mass is 9.69. The molecule has 1 amide bonds. The van der Waals surface area contributed by atoms with Crippen molar-refractivity contribution in [3.05, 3.63) is 29.6 Å². The van der Waals surface area contributed by atoms with Gasteiger partial charge in [0.05, 0.1) is 5.56 Å². The van der Waals surface area contributed by atoms with Crippen molar-refractivity contribution in [2.24, 2.45) is 16.7 Å². The monoisotopic (exact) mass is 290 g/mol. The van der Waals surface area contributed by atoms with E-state index in [1.54, 1.807) is 0 Å². The second-order valence-corrected chi connectivity index (χ2v) is 7.38. The molecule has 2 aliphatic rings. The van der Waals surface area contributed by atoms with Gasteiger partial charge >= 0.3 is 0 Å². The van der Waals surface area contributed by atoms with Crippen LogP contribution in [0, 0.1) is 22.6 Å². The summed E-state index contributed by atoms with van der Waals surface area (Å²) in [5.41, 5.74) is 6.41. The highest BCUT2D eigenvalue weighted by Crippen LogP contribution is 2.65. The van der Waals surface area contributed by atoms with Crippen LogP contribution in [0.1, 0.15) is 50.4 Å². The number of anilines is 1. The van der Waals surface area contributed by atoms with Crippen LogP contribution in [0.15, 0.2) is 18.2 Å². The number of nitrogens with one attached hydrogen (secondary N) is 1. The fourth-order valence-corrected chi connectivity index (χ4v) is 4.37. The predicted octanol–water partition coefficient (Wildman–Crippen LogP) is 3.35. The van der Waals surface area contributed by atoms with Crippen molar-refractivity contribution in [1.82, 2.24) is 5.32 Å². The predicted molar refractivity (Wildman–Crippen MR) is 81.3 cm³/mol. The molecule has 2 saturated carbocycles. The molecule has 0 saturated heterocycles. The zero-order valence-corrected chi connectivity index (χ0v) is 12.9.